The van der Waals surface area contributed by atoms with Gasteiger partial charge in [0.15, 0.2) is 0 Å². The molecular formula is C13H9BrN4O4. The van der Waals surface area contributed by atoms with Crippen LogP contribution in [0.1, 0.15) is 16.1 Å². The lowest BCUT2D eigenvalue weighted by molar-refractivity contribution is -0.385. The predicted octanol–water partition coefficient (Wildman–Crippen LogP) is 2.22. The van der Waals surface area contributed by atoms with Crippen LogP contribution in [-0.2, 0) is 0 Å². The van der Waals surface area contributed by atoms with Crippen molar-refractivity contribution in [3.05, 3.63) is 62.4 Å². The molecule has 0 radical (unpaired) electrons. The number of carbonyl (C=O) groups is 1. The van der Waals surface area contributed by atoms with Crippen LogP contribution in [0.2, 0.25) is 0 Å². The highest BCUT2D eigenvalue weighted by molar-refractivity contribution is 9.10. The second kappa shape index (κ2) is 6.76. The van der Waals surface area contributed by atoms with Crippen molar-refractivity contribution in [3.63, 3.8) is 0 Å². The first kappa shape index (κ1) is 15.6. The normalized spacial score (nSPS) is 10.6. The van der Waals surface area contributed by atoms with Crippen LogP contribution in [0, 0.1) is 10.1 Å². The van der Waals surface area contributed by atoms with Gasteiger partial charge in [-0.15, -0.1) is 0 Å². The molecule has 0 aliphatic heterocycles. The molecule has 0 aliphatic carbocycles. The number of benzene rings is 1. The van der Waals surface area contributed by atoms with Crippen molar-refractivity contribution < 1.29 is 14.8 Å². The number of hydrogen-bond acceptors (Lipinski definition) is 6. The summed E-state index contributed by atoms with van der Waals surface area (Å²) in [5, 5.41) is 24.2. The molecule has 0 unspecified atom stereocenters. The number of carbonyl (C=O) groups excluding carboxylic acids is 1. The second-order valence-electron chi connectivity index (χ2n) is 4.03. The molecule has 22 heavy (non-hydrogen) atoms. The van der Waals surface area contributed by atoms with E-state index in [-0.39, 0.29) is 11.3 Å². The largest absolute Gasteiger partial charge is 0.502 e. The third-order valence-electron chi connectivity index (χ3n) is 2.55. The van der Waals surface area contributed by atoms with Gasteiger partial charge in [-0.25, -0.2) is 5.43 Å². The van der Waals surface area contributed by atoms with E-state index in [0.29, 0.717) is 4.47 Å². The molecule has 0 saturated carbocycles. The number of aromatic nitrogens is 1. The first-order valence-corrected chi connectivity index (χ1v) is 6.69. The number of phenolic OH excluding ortho intramolecular Hbond substituents is 1. The van der Waals surface area contributed by atoms with Crippen molar-refractivity contribution in [3.8, 4) is 5.75 Å². The first-order chi connectivity index (χ1) is 10.5. The minimum absolute atomic E-state index is 0.0856. The van der Waals surface area contributed by atoms with Crippen molar-refractivity contribution in [1.82, 2.24) is 10.4 Å². The third kappa shape index (κ3) is 3.64. The predicted molar refractivity (Wildman–Crippen MR) is 81.8 cm³/mol. The second-order valence-corrected chi connectivity index (χ2v) is 4.95. The molecule has 9 heteroatoms. The summed E-state index contributed by atoms with van der Waals surface area (Å²) in [5.41, 5.74) is 2.00. The molecule has 2 N–H and O–H groups in total. The van der Waals surface area contributed by atoms with Gasteiger partial charge in [-0.3, -0.25) is 19.9 Å². The van der Waals surface area contributed by atoms with Crippen molar-refractivity contribution in [1.29, 1.82) is 0 Å². The van der Waals surface area contributed by atoms with E-state index in [4.69, 9.17) is 0 Å². The van der Waals surface area contributed by atoms with Crippen LogP contribution in [0.5, 0.6) is 5.75 Å². The van der Waals surface area contributed by atoms with Gasteiger partial charge in [0.25, 0.3) is 5.91 Å². The van der Waals surface area contributed by atoms with Crippen molar-refractivity contribution >= 4 is 33.7 Å². The molecule has 0 saturated heterocycles. The van der Waals surface area contributed by atoms with Gasteiger partial charge in [0, 0.05) is 22.3 Å². The number of nitrogens with one attached hydrogen (secondary N) is 1. The fraction of sp³-hybridized carbons (Fsp3) is 0. The average molecular weight is 365 g/mol. The fourth-order valence-corrected chi connectivity index (χ4v) is 2.02. The quantitative estimate of drug-likeness (QED) is 0.489. The summed E-state index contributed by atoms with van der Waals surface area (Å²) in [6.45, 7) is 0. The number of rotatable bonds is 4. The van der Waals surface area contributed by atoms with E-state index in [1.54, 1.807) is 12.1 Å². The number of aromatic hydroxyl groups is 1. The zero-order valence-electron chi connectivity index (χ0n) is 10.9. The Kier molecular flexibility index (Phi) is 4.79. The van der Waals surface area contributed by atoms with Crippen LogP contribution < -0.4 is 5.43 Å². The molecule has 0 bridgehead atoms. The summed E-state index contributed by atoms with van der Waals surface area (Å²) >= 11 is 3.10. The van der Waals surface area contributed by atoms with Crippen LogP contribution in [0.25, 0.3) is 0 Å². The Hall–Kier alpha value is -2.81. The topological polar surface area (TPSA) is 118 Å². The summed E-state index contributed by atoms with van der Waals surface area (Å²) in [6.07, 6.45) is 2.57. The van der Waals surface area contributed by atoms with Gasteiger partial charge in [0.1, 0.15) is 5.69 Å². The standard InChI is InChI=1S/C13H9BrN4O4/c14-9-5-8(12(19)11(6-9)18(21)22)7-16-17-13(20)10-3-1-2-4-15-10/h1-7,19H,(H,17,20). The number of hydrazone groups is 1. The SMILES string of the molecule is O=C(NN=Cc1cc(Br)cc([N+](=O)[O-])c1O)c1ccccn1. The Morgan fingerprint density at radius 2 is 2.23 bits per heavy atom. The van der Waals surface area contributed by atoms with Gasteiger partial charge in [0.2, 0.25) is 5.75 Å². The van der Waals surface area contributed by atoms with Crippen LogP contribution in [0.15, 0.2) is 46.1 Å². The molecule has 1 aromatic carbocycles. The van der Waals surface area contributed by atoms with Crippen molar-refractivity contribution in [2.45, 2.75) is 0 Å². The molecule has 0 atom stereocenters. The number of phenols is 1. The molecule has 1 aromatic heterocycles. The van der Waals surface area contributed by atoms with E-state index in [2.05, 4.69) is 31.4 Å². The highest BCUT2D eigenvalue weighted by Crippen LogP contribution is 2.32. The Balaban J connectivity index is 2.17. The lowest BCUT2D eigenvalue weighted by Gasteiger charge is -2.02. The van der Waals surface area contributed by atoms with E-state index in [1.165, 1.54) is 24.4 Å². The number of nitrogens with zero attached hydrogens (tertiary/aromatic N) is 3. The fourth-order valence-electron chi connectivity index (χ4n) is 1.56. The molecular weight excluding hydrogens is 356 g/mol. The van der Waals surface area contributed by atoms with Crippen molar-refractivity contribution in [2.24, 2.45) is 5.10 Å². The number of pyridine rings is 1. The molecule has 1 heterocycles. The molecule has 1 amide bonds. The highest BCUT2D eigenvalue weighted by Gasteiger charge is 2.17. The van der Waals surface area contributed by atoms with Gasteiger partial charge in [0.05, 0.1) is 11.1 Å². The number of nitro benzene ring substituents is 1. The van der Waals surface area contributed by atoms with Gasteiger partial charge in [-0.1, -0.05) is 22.0 Å². The van der Waals surface area contributed by atoms with Crippen LogP contribution in [-0.4, -0.2) is 27.1 Å². The number of nitro groups is 1. The highest BCUT2D eigenvalue weighted by atomic mass is 79.9. The molecule has 2 aromatic rings. The molecule has 0 aliphatic rings. The van der Waals surface area contributed by atoms with E-state index < -0.39 is 22.3 Å². The van der Waals surface area contributed by atoms with Crippen LogP contribution in [0.3, 0.4) is 0 Å². The zero-order valence-corrected chi connectivity index (χ0v) is 12.5. The lowest BCUT2D eigenvalue weighted by atomic mass is 10.2. The molecule has 2 rings (SSSR count). The lowest BCUT2D eigenvalue weighted by Crippen LogP contribution is -2.18. The first-order valence-electron chi connectivity index (χ1n) is 5.90. The van der Waals surface area contributed by atoms with E-state index in [1.807, 2.05) is 0 Å². The number of halogens is 1. The van der Waals surface area contributed by atoms with E-state index >= 15 is 0 Å². The minimum atomic E-state index is -0.718. The average Bonchev–Trinajstić information content (AvgIpc) is 2.50. The Morgan fingerprint density at radius 3 is 2.86 bits per heavy atom. The van der Waals surface area contributed by atoms with Gasteiger partial charge < -0.3 is 5.11 Å². The summed E-state index contributed by atoms with van der Waals surface area (Å²) < 4.78 is 0.398. The monoisotopic (exact) mass is 364 g/mol. The third-order valence-corrected chi connectivity index (χ3v) is 3.01. The van der Waals surface area contributed by atoms with Gasteiger partial charge >= 0.3 is 5.69 Å². The molecule has 0 fully saturated rings. The summed E-state index contributed by atoms with van der Waals surface area (Å²) in [7, 11) is 0. The van der Waals surface area contributed by atoms with Crippen molar-refractivity contribution in [2.75, 3.05) is 0 Å². The number of hydrogen-bond donors (Lipinski definition) is 2. The van der Waals surface area contributed by atoms with E-state index in [9.17, 15) is 20.0 Å². The molecule has 0 spiro atoms. The summed E-state index contributed by atoms with van der Waals surface area (Å²) in [6, 6.07) is 7.41. The maximum atomic E-state index is 11.7. The Labute approximate surface area is 132 Å². The Morgan fingerprint density at radius 1 is 1.45 bits per heavy atom. The maximum absolute atomic E-state index is 11.7. The summed E-state index contributed by atoms with van der Waals surface area (Å²) in [4.78, 5) is 25.6. The van der Waals surface area contributed by atoms with E-state index in [0.717, 1.165) is 6.21 Å². The maximum Gasteiger partial charge on any atom is 0.312 e. The molecule has 112 valence electrons. The zero-order chi connectivity index (χ0) is 16.1. The van der Waals surface area contributed by atoms with Gasteiger partial charge in [-0.05, 0) is 18.2 Å². The molecule has 8 nitrogen and oxygen atoms in total. The number of amides is 1. The minimum Gasteiger partial charge on any atom is -0.502 e. The van der Waals surface area contributed by atoms with Crippen LogP contribution >= 0.6 is 15.9 Å². The smallest absolute Gasteiger partial charge is 0.312 e. The van der Waals surface area contributed by atoms with Crippen LogP contribution in [0.4, 0.5) is 5.69 Å². The Bertz CT molecular complexity index is 749. The van der Waals surface area contributed by atoms with Gasteiger partial charge in [-0.2, -0.15) is 5.10 Å². The summed E-state index contributed by atoms with van der Waals surface area (Å²) in [5.74, 6) is -1.08.